The first-order valence-corrected chi connectivity index (χ1v) is 25.3. The molecule has 10 rings (SSSR count). The number of carbonyl (C=O) groups excluding carboxylic acids is 2. The maximum absolute atomic E-state index is 13.3. The molecule has 6 heterocycles. The van der Waals surface area contributed by atoms with Gasteiger partial charge < -0.3 is 20.0 Å². The van der Waals surface area contributed by atoms with Gasteiger partial charge in [0.25, 0.3) is 11.8 Å². The second kappa shape index (κ2) is 21.1. The number of aromatic nitrogens is 8. The van der Waals surface area contributed by atoms with E-state index in [0.717, 1.165) is 89.1 Å². The predicted molar refractivity (Wildman–Crippen MR) is 281 cm³/mol. The number of aryl methyl sites for hydroxylation is 8. The molecule has 0 spiro atoms. The van der Waals surface area contributed by atoms with Crippen molar-refractivity contribution in [2.24, 2.45) is 0 Å². The number of carboxylic acid groups (broad SMARTS) is 2. The first-order chi connectivity index (χ1) is 35.5. The molecule has 8 aromatic rings. The van der Waals surface area contributed by atoms with Gasteiger partial charge in [0, 0.05) is 60.5 Å². The maximum Gasteiger partial charge on any atom is 0.304 e. The van der Waals surface area contributed by atoms with Gasteiger partial charge in [-0.1, -0.05) is 46.8 Å². The number of rotatable bonds is 12. The van der Waals surface area contributed by atoms with Crippen LogP contribution in [0, 0.1) is 41.5 Å². The lowest BCUT2D eigenvalue weighted by molar-refractivity contribution is -0.138. The lowest BCUT2D eigenvalue weighted by Crippen LogP contribution is -2.36. The van der Waals surface area contributed by atoms with Gasteiger partial charge in [0.15, 0.2) is 0 Å². The van der Waals surface area contributed by atoms with Crippen molar-refractivity contribution in [1.82, 2.24) is 49.8 Å². The second-order valence-electron chi connectivity index (χ2n) is 19.6. The molecule has 380 valence electrons. The van der Waals surface area contributed by atoms with E-state index < -0.39 is 23.8 Å². The highest BCUT2D eigenvalue weighted by molar-refractivity contribution is 5.95. The van der Waals surface area contributed by atoms with Crippen LogP contribution in [-0.4, -0.2) is 96.8 Å². The molecule has 2 atom stereocenters. The van der Waals surface area contributed by atoms with E-state index >= 15 is 0 Å². The number of carboxylic acids is 2. The molecule has 0 radical (unpaired) electrons. The Morgan fingerprint density at radius 2 is 0.932 bits per heavy atom. The van der Waals surface area contributed by atoms with Gasteiger partial charge in [0.2, 0.25) is 0 Å². The van der Waals surface area contributed by atoms with Gasteiger partial charge >= 0.3 is 11.9 Å². The van der Waals surface area contributed by atoms with E-state index in [-0.39, 0.29) is 24.7 Å². The topological polar surface area (TPSA) is 202 Å². The molecule has 0 fully saturated rings. The van der Waals surface area contributed by atoms with Gasteiger partial charge in [-0.15, -0.1) is 10.2 Å². The molecule has 4 aromatic carbocycles. The van der Waals surface area contributed by atoms with Crippen LogP contribution in [0.3, 0.4) is 0 Å². The molecule has 0 unspecified atom stereocenters. The van der Waals surface area contributed by atoms with Crippen molar-refractivity contribution in [2.45, 2.75) is 119 Å². The number of pyridine rings is 2. The van der Waals surface area contributed by atoms with Crippen molar-refractivity contribution in [3.8, 4) is 0 Å². The zero-order valence-electron chi connectivity index (χ0n) is 43.3. The Kier molecular flexibility index (Phi) is 14.5. The lowest BCUT2D eigenvalue weighted by atomic mass is 9.87. The number of nitrogens with zero attached hydrogens (tertiary/aromatic N) is 10. The van der Waals surface area contributed by atoms with Crippen LogP contribution in [0.5, 0.6) is 0 Å². The number of benzene rings is 4. The van der Waals surface area contributed by atoms with Crippen molar-refractivity contribution in [1.29, 1.82) is 0 Å². The van der Waals surface area contributed by atoms with Crippen molar-refractivity contribution in [2.75, 3.05) is 13.1 Å². The van der Waals surface area contributed by atoms with Crippen molar-refractivity contribution >= 4 is 45.8 Å². The Labute approximate surface area is 430 Å². The summed E-state index contributed by atoms with van der Waals surface area (Å²) in [5.41, 5.74) is 18.0. The van der Waals surface area contributed by atoms with Crippen LogP contribution in [0.15, 0.2) is 84.9 Å². The van der Waals surface area contributed by atoms with Crippen LogP contribution < -0.4 is 0 Å². The largest absolute Gasteiger partial charge is 0.481 e. The monoisotopic (exact) mass is 994 g/mol. The average molecular weight is 995 g/mol. The first kappa shape index (κ1) is 50.8. The van der Waals surface area contributed by atoms with E-state index in [9.17, 15) is 29.4 Å². The number of aliphatic carboxylic acids is 2. The molecular weight excluding hydrogens is 933 g/mol. The second-order valence-corrected chi connectivity index (χ2v) is 19.6. The number of amides is 2. The van der Waals surface area contributed by atoms with E-state index in [1.54, 1.807) is 0 Å². The summed E-state index contributed by atoms with van der Waals surface area (Å²) in [6.45, 7) is 19.5. The Bertz CT molecular complexity index is 3280. The first-order valence-electron chi connectivity index (χ1n) is 25.3. The third-order valence-corrected chi connectivity index (χ3v) is 15.0. The minimum atomic E-state index is -0.896. The SMILES string of the molecule is CCn1nnc2c(C)c([C@@H](CC(=O)O)c3ccc4c(n3)CN(C(=O)c3ccc(C)c(C)c3)CC4)ccc21.CCn1nnc2c(C)c([C@H](CC(=O)O)c3ccc4c(n3)CN(C(=O)c3ccc(C)c(C)c3)CC4)ccc21. The third-order valence-electron chi connectivity index (χ3n) is 15.0. The normalized spacial score (nSPS) is 14.0. The third kappa shape index (κ3) is 10.1. The van der Waals surface area contributed by atoms with Crippen LogP contribution in [0.2, 0.25) is 0 Å². The van der Waals surface area contributed by atoms with Gasteiger partial charge in [-0.3, -0.25) is 29.1 Å². The fraction of sp³-hybridized carbons (Fsp3) is 0.345. The molecule has 4 aromatic heterocycles. The number of hydrogen-bond donors (Lipinski definition) is 2. The van der Waals surface area contributed by atoms with Crippen LogP contribution in [0.1, 0.15) is 138 Å². The molecule has 2 N–H and O–H groups in total. The summed E-state index contributed by atoms with van der Waals surface area (Å²) in [4.78, 5) is 63.9. The summed E-state index contributed by atoms with van der Waals surface area (Å²) in [6, 6.07) is 27.4. The molecule has 16 heteroatoms. The lowest BCUT2D eigenvalue weighted by Gasteiger charge is -2.29. The summed E-state index contributed by atoms with van der Waals surface area (Å²) >= 11 is 0. The highest BCUT2D eigenvalue weighted by Crippen LogP contribution is 2.36. The molecule has 2 amide bonds. The molecule has 0 saturated heterocycles. The minimum Gasteiger partial charge on any atom is -0.481 e. The average Bonchev–Trinajstić information content (AvgIpc) is 4.03. The Hall–Kier alpha value is -8.14. The highest BCUT2D eigenvalue weighted by atomic mass is 16.4. The van der Waals surface area contributed by atoms with Crippen molar-refractivity contribution in [3.63, 3.8) is 0 Å². The summed E-state index contributed by atoms with van der Waals surface area (Å²) in [6.07, 6.45) is 1.25. The van der Waals surface area contributed by atoms with Gasteiger partial charge in [-0.05, 0) is 172 Å². The van der Waals surface area contributed by atoms with Gasteiger partial charge in [0.05, 0.1) is 48.4 Å². The van der Waals surface area contributed by atoms with Crippen LogP contribution in [-0.2, 0) is 48.6 Å². The van der Waals surface area contributed by atoms with Crippen LogP contribution >= 0.6 is 0 Å². The Morgan fingerprint density at radius 3 is 1.30 bits per heavy atom. The van der Waals surface area contributed by atoms with E-state index in [0.29, 0.717) is 74.6 Å². The predicted octanol–water partition coefficient (Wildman–Crippen LogP) is 9.15. The number of fused-ring (bicyclic) bond motifs is 4. The molecule has 74 heavy (non-hydrogen) atoms. The van der Waals surface area contributed by atoms with Crippen LogP contribution in [0.4, 0.5) is 0 Å². The molecule has 2 aliphatic rings. The molecule has 0 saturated carbocycles. The summed E-state index contributed by atoms with van der Waals surface area (Å²) in [5, 5.41) is 36.7. The molecule has 16 nitrogen and oxygen atoms in total. The van der Waals surface area contributed by atoms with E-state index in [4.69, 9.17) is 9.97 Å². The van der Waals surface area contributed by atoms with Gasteiger partial charge in [-0.2, -0.15) is 0 Å². The fourth-order valence-electron chi connectivity index (χ4n) is 10.4. The maximum atomic E-state index is 13.3. The number of hydrogen-bond acceptors (Lipinski definition) is 10. The summed E-state index contributed by atoms with van der Waals surface area (Å²) in [7, 11) is 0. The van der Waals surface area contributed by atoms with Crippen LogP contribution in [0.25, 0.3) is 22.1 Å². The fourth-order valence-corrected chi connectivity index (χ4v) is 10.4. The van der Waals surface area contributed by atoms with E-state index in [1.165, 1.54) is 0 Å². The van der Waals surface area contributed by atoms with Crippen molar-refractivity contribution < 1.29 is 29.4 Å². The Morgan fingerprint density at radius 1 is 0.527 bits per heavy atom. The van der Waals surface area contributed by atoms with Gasteiger partial charge in [-0.25, -0.2) is 9.36 Å². The standard InChI is InChI=1S/2C29H31N5O3/c2*1-5-34-26-11-9-22(19(4)28(26)31-32-34)23(15-27(35)36)24-10-8-20-12-13-33(16-25(20)30-24)29(37)21-7-6-17(2)18(3)14-21/h2*6-11,14,23H,5,12-13,15-16H2,1-4H3,(H,35,36)/t2*23-/m10/s1. The molecule has 0 aliphatic carbocycles. The van der Waals surface area contributed by atoms with E-state index in [2.05, 4.69) is 20.6 Å². The molecule has 2 aliphatic heterocycles. The molecular formula is C58H62N10O6. The van der Waals surface area contributed by atoms with E-state index in [1.807, 2.05) is 159 Å². The number of carbonyl (C=O) groups is 4. The smallest absolute Gasteiger partial charge is 0.304 e. The zero-order chi connectivity index (χ0) is 52.5. The Balaban J connectivity index is 0.000000182. The zero-order valence-corrected chi connectivity index (χ0v) is 43.3. The highest BCUT2D eigenvalue weighted by Gasteiger charge is 2.30. The minimum absolute atomic E-state index is 0.0108. The van der Waals surface area contributed by atoms with Crippen molar-refractivity contribution in [3.05, 3.63) is 174 Å². The van der Waals surface area contributed by atoms with Gasteiger partial charge in [0.1, 0.15) is 11.0 Å². The summed E-state index contributed by atoms with van der Waals surface area (Å²) in [5.74, 6) is -2.69. The quantitative estimate of drug-likeness (QED) is 0.118. The summed E-state index contributed by atoms with van der Waals surface area (Å²) < 4.78 is 3.66. The molecule has 0 bridgehead atoms.